The third-order valence-corrected chi connectivity index (χ3v) is 3.76. The Bertz CT molecular complexity index is 226. The summed E-state index contributed by atoms with van der Waals surface area (Å²) in [5.74, 6) is 1.78. The van der Waals surface area contributed by atoms with Crippen molar-refractivity contribution in [2.75, 3.05) is 32.2 Å². The maximum Gasteiger partial charge on any atom is 0.411 e. The summed E-state index contributed by atoms with van der Waals surface area (Å²) in [5, 5.41) is 3.15. The molecule has 1 aliphatic carbocycles. The van der Waals surface area contributed by atoms with E-state index in [1.165, 1.54) is 19.3 Å². The van der Waals surface area contributed by atoms with Gasteiger partial charge >= 0.3 is 6.18 Å². The zero-order valence-corrected chi connectivity index (χ0v) is 11.2. The maximum atomic E-state index is 11.8. The molecule has 2 nitrogen and oxygen atoms in total. The Morgan fingerprint density at radius 1 is 1.17 bits per heavy atom. The molecule has 1 rings (SSSR count). The molecule has 1 N–H and O–H groups in total. The lowest BCUT2D eigenvalue weighted by molar-refractivity contribution is -0.173. The average molecular weight is 288 g/mol. The van der Waals surface area contributed by atoms with Crippen molar-refractivity contribution in [3.05, 3.63) is 0 Å². The Morgan fingerprint density at radius 3 is 2.44 bits per heavy atom. The molecule has 0 aromatic heterocycles. The first kappa shape index (κ1) is 16.1. The fourth-order valence-corrected chi connectivity index (χ4v) is 2.78. The summed E-state index contributed by atoms with van der Waals surface area (Å²) >= 11 is 5.91. The minimum absolute atomic E-state index is 0.0950. The Labute approximate surface area is 111 Å². The summed E-state index contributed by atoms with van der Waals surface area (Å²) in [6.07, 6.45) is 0.564. The molecule has 108 valence electrons. The van der Waals surface area contributed by atoms with Gasteiger partial charge in [-0.25, -0.2) is 0 Å². The first-order chi connectivity index (χ1) is 8.53. The molecular weight excluding hydrogens is 267 g/mol. The molecule has 6 heteroatoms. The van der Waals surface area contributed by atoms with E-state index in [0.717, 1.165) is 13.0 Å². The zero-order chi connectivity index (χ0) is 13.4. The van der Waals surface area contributed by atoms with Crippen LogP contribution in [0.25, 0.3) is 0 Å². The summed E-state index contributed by atoms with van der Waals surface area (Å²) in [6, 6.07) is 0. The number of rotatable bonds is 7. The molecule has 18 heavy (non-hydrogen) atoms. The molecule has 0 spiro atoms. The minimum Gasteiger partial charge on any atom is -0.371 e. The molecule has 1 fully saturated rings. The van der Waals surface area contributed by atoms with Crippen molar-refractivity contribution in [3.63, 3.8) is 0 Å². The Balaban J connectivity index is 2.03. The van der Waals surface area contributed by atoms with E-state index < -0.39 is 12.8 Å². The van der Waals surface area contributed by atoms with Gasteiger partial charge < -0.3 is 10.1 Å². The van der Waals surface area contributed by atoms with Crippen LogP contribution in [0.5, 0.6) is 0 Å². The van der Waals surface area contributed by atoms with Crippen LogP contribution in [0.1, 0.15) is 25.7 Å². The van der Waals surface area contributed by atoms with E-state index in [0.29, 0.717) is 24.3 Å². The topological polar surface area (TPSA) is 21.3 Å². The minimum atomic E-state index is -4.23. The third kappa shape index (κ3) is 6.81. The molecule has 0 amide bonds. The van der Waals surface area contributed by atoms with Crippen LogP contribution < -0.4 is 5.32 Å². The lowest BCUT2D eigenvalue weighted by Crippen LogP contribution is -2.33. The lowest BCUT2D eigenvalue weighted by atomic mass is 9.80. The van der Waals surface area contributed by atoms with Gasteiger partial charge in [-0.1, -0.05) is 12.8 Å². The highest BCUT2D eigenvalue weighted by atomic mass is 35.5. The van der Waals surface area contributed by atoms with Gasteiger partial charge in [0.15, 0.2) is 0 Å². The molecule has 2 atom stereocenters. The average Bonchev–Trinajstić information content (AvgIpc) is 2.32. The largest absolute Gasteiger partial charge is 0.411 e. The smallest absolute Gasteiger partial charge is 0.371 e. The van der Waals surface area contributed by atoms with Gasteiger partial charge in [-0.2, -0.15) is 13.2 Å². The fraction of sp³-hybridized carbons (Fsp3) is 1.00. The van der Waals surface area contributed by atoms with Crippen LogP contribution in [0.2, 0.25) is 0 Å². The highest BCUT2D eigenvalue weighted by molar-refractivity contribution is 6.18. The summed E-state index contributed by atoms with van der Waals surface area (Å²) < 4.78 is 39.9. The van der Waals surface area contributed by atoms with Gasteiger partial charge in [0.25, 0.3) is 0 Å². The Hall–Kier alpha value is 0. The molecule has 0 aliphatic heterocycles. The van der Waals surface area contributed by atoms with Crippen molar-refractivity contribution in [2.45, 2.75) is 31.9 Å². The van der Waals surface area contributed by atoms with E-state index in [1.54, 1.807) is 0 Å². The van der Waals surface area contributed by atoms with E-state index in [2.05, 4.69) is 10.1 Å². The quantitative estimate of drug-likeness (QED) is 0.573. The lowest BCUT2D eigenvalue weighted by Gasteiger charge is -2.30. The second-order valence-electron chi connectivity index (χ2n) is 4.83. The van der Waals surface area contributed by atoms with Gasteiger partial charge in [-0.15, -0.1) is 11.6 Å². The SMILES string of the molecule is FC(F)(F)COCCNCC1CCCCC1CCl. The molecule has 0 aromatic carbocycles. The number of alkyl halides is 4. The fourth-order valence-electron chi connectivity index (χ4n) is 2.38. The van der Waals surface area contributed by atoms with Gasteiger partial charge in [0, 0.05) is 12.4 Å². The van der Waals surface area contributed by atoms with Gasteiger partial charge in [0.1, 0.15) is 6.61 Å². The number of nitrogens with one attached hydrogen (secondary N) is 1. The molecule has 0 aromatic rings. The van der Waals surface area contributed by atoms with Crippen LogP contribution in [0.3, 0.4) is 0 Å². The predicted molar refractivity (Wildman–Crippen MR) is 65.9 cm³/mol. The van der Waals surface area contributed by atoms with Gasteiger partial charge in [-0.05, 0) is 31.2 Å². The van der Waals surface area contributed by atoms with Crippen LogP contribution in [0, 0.1) is 11.8 Å². The first-order valence-corrected chi connectivity index (χ1v) is 6.97. The number of ether oxygens (including phenoxy) is 1. The third-order valence-electron chi connectivity index (χ3n) is 3.36. The van der Waals surface area contributed by atoms with Gasteiger partial charge in [-0.3, -0.25) is 0 Å². The zero-order valence-electron chi connectivity index (χ0n) is 10.4. The predicted octanol–water partition coefficient (Wildman–Crippen LogP) is 3.20. The second-order valence-corrected chi connectivity index (χ2v) is 5.14. The summed E-state index contributed by atoms with van der Waals surface area (Å²) in [7, 11) is 0. The van der Waals surface area contributed by atoms with E-state index in [-0.39, 0.29) is 6.61 Å². The van der Waals surface area contributed by atoms with Crippen LogP contribution in [-0.2, 0) is 4.74 Å². The van der Waals surface area contributed by atoms with Crippen molar-refractivity contribution < 1.29 is 17.9 Å². The maximum absolute atomic E-state index is 11.8. The molecule has 2 unspecified atom stereocenters. The molecule has 1 saturated carbocycles. The number of halogens is 4. The van der Waals surface area contributed by atoms with E-state index in [1.807, 2.05) is 0 Å². The van der Waals surface area contributed by atoms with Crippen molar-refractivity contribution in [3.8, 4) is 0 Å². The number of hydrogen-bond acceptors (Lipinski definition) is 2. The van der Waals surface area contributed by atoms with Crippen molar-refractivity contribution >= 4 is 11.6 Å². The molecule has 0 saturated heterocycles. The van der Waals surface area contributed by atoms with Crippen LogP contribution >= 0.6 is 11.6 Å². The van der Waals surface area contributed by atoms with E-state index in [4.69, 9.17) is 11.6 Å². The summed E-state index contributed by atoms with van der Waals surface area (Å²) in [5.41, 5.74) is 0. The highest BCUT2D eigenvalue weighted by Crippen LogP contribution is 2.30. The van der Waals surface area contributed by atoms with Crippen LogP contribution in [0.4, 0.5) is 13.2 Å². The molecular formula is C12H21ClF3NO. The highest BCUT2D eigenvalue weighted by Gasteiger charge is 2.27. The Morgan fingerprint density at radius 2 is 1.83 bits per heavy atom. The molecule has 0 heterocycles. The normalized spacial score (nSPS) is 25.3. The van der Waals surface area contributed by atoms with Crippen molar-refractivity contribution in [2.24, 2.45) is 11.8 Å². The van der Waals surface area contributed by atoms with Crippen molar-refractivity contribution in [1.82, 2.24) is 5.32 Å². The van der Waals surface area contributed by atoms with Gasteiger partial charge in [0.2, 0.25) is 0 Å². The molecule has 1 aliphatic rings. The summed E-state index contributed by atoms with van der Waals surface area (Å²) in [4.78, 5) is 0. The Kier molecular flexibility index (Phi) is 7.34. The second kappa shape index (κ2) is 8.23. The molecule has 0 bridgehead atoms. The van der Waals surface area contributed by atoms with Crippen LogP contribution in [-0.4, -0.2) is 38.4 Å². The van der Waals surface area contributed by atoms with E-state index in [9.17, 15) is 13.2 Å². The standard InChI is InChI=1S/C12H21ClF3NO/c13-7-10-3-1-2-4-11(10)8-17-5-6-18-9-12(14,15)16/h10-11,17H,1-9H2. The first-order valence-electron chi connectivity index (χ1n) is 6.44. The summed E-state index contributed by atoms with van der Waals surface area (Å²) in [6.45, 7) is 0.217. The molecule has 0 radical (unpaired) electrons. The monoisotopic (exact) mass is 287 g/mol. The van der Waals surface area contributed by atoms with Gasteiger partial charge in [0.05, 0.1) is 6.61 Å². The van der Waals surface area contributed by atoms with Crippen molar-refractivity contribution in [1.29, 1.82) is 0 Å². The van der Waals surface area contributed by atoms with Crippen LogP contribution in [0.15, 0.2) is 0 Å². The van der Waals surface area contributed by atoms with E-state index >= 15 is 0 Å². The number of hydrogen-bond donors (Lipinski definition) is 1.